The van der Waals surface area contributed by atoms with Gasteiger partial charge in [0.1, 0.15) is 24.8 Å². The van der Waals surface area contributed by atoms with Gasteiger partial charge >= 0.3 is 0 Å². The van der Waals surface area contributed by atoms with Gasteiger partial charge in [-0.05, 0) is 31.1 Å². The standard InChI is InChI=1S/C19H27N7O/c1-14-7-15(2)10-25(9-14)19(27)16-3-5-24(6-4-16)17-8-18(22-12-21-17)26-13-20-11-23-26/h8,11-16H,3-7,9-10H2,1-2H3. The molecule has 27 heavy (non-hydrogen) atoms. The average Bonchev–Trinajstić information content (AvgIpc) is 3.22. The first-order chi connectivity index (χ1) is 13.1. The van der Waals surface area contributed by atoms with E-state index in [1.807, 2.05) is 6.07 Å². The molecule has 0 saturated carbocycles. The van der Waals surface area contributed by atoms with Crippen LogP contribution in [0, 0.1) is 17.8 Å². The van der Waals surface area contributed by atoms with Gasteiger partial charge in [0.2, 0.25) is 5.91 Å². The van der Waals surface area contributed by atoms with E-state index in [9.17, 15) is 4.79 Å². The molecular weight excluding hydrogens is 342 g/mol. The van der Waals surface area contributed by atoms with Gasteiger partial charge in [-0.1, -0.05) is 13.8 Å². The van der Waals surface area contributed by atoms with Crippen molar-refractivity contribution in [2.24, 2.45) is 17.8 Å². The van der Waals surface area contributed by atoms with E-state index in [0.29, 0.717) is 23.6 Å². The van der Waals surface area contributed by atoms with E-state index in [1.54, 1.807) is 17.3 Å². The van der Waals surface area contributed by atoms with E-state index in [0.717, 1.165) is 44.8 Å². The van der Waals surface area contributed by atoms with Gasteiger partial charge in [-0.15, -0.1) is 0 Å². The van der Waals surface area contributed by atoms with Crippen LogP contribution in [0.4, 0.5) is 5.82 Å². The van der Waals surface area contributed by atoms with Crippen LogP contribution in [0.5, 0.6) is 0 Å². The number of hydrogen-bond donors (Lipinski definition) is 0. The summed E-state index contributed by atoms with van der Waals surface area (Å²) in [6, 6.07) is 1.92. The smallest absolute Gasteiger partial charge is 0.225 e. The maximum atomic E-state index is 13.0. The molecule has 0 radical (unpaired) electrons. The summed E-state index contributed by atoms with van der Waals surface area (Å²) in [5, 5.41) is 4.12. The highest BCUT2D eigenvalue weighted by Crippen LogP contribution is 2.27. The molecule has 8 nitrogen and oxygen atoms in total. The molecular formula is C19H27N7O. The summed E-state index contributed by atoms with van der Waals surface area (Å²) in [6.07, 6.45) is 7.64. The molecule has 2 atom stereocenters. The van der Waals surface area contributed by atoms with E-state index in [4.69, 9.17) is 0 Å². The summed E-state index contributed by atoms with van der Waals surface area (Å²) in [5.41, 5.74) is 0. The zero-order valence-electron chi connectivity index (χ0n) is 16.0. The number of piperidine rings is 2. The van der Waals surface area contributed by atoms with Gasteiger partial charge in [0.15, 0.2) is 5.82 Å². The third kappa shape index (κ3) is 3.94. The van der Waals surface area contributed by atoms with Gasteiger partial charge in [-0.2, -0.15) is 5.10 Å². The van der Waals surface area contributed by atoms with E-state index in [-0.39, 0.29) is 5.92 Å². The first-order valence-corrected chi connectivity index (χ1v) is 9.81. The molecule has 4 heterocycles. The van der Waals surface area contributed by atoms with Crippen molar-refractivity contribution in [3.05, 3.63) is 25.0 Å². The van der Waals surface area contributed by atoms with Gasteiger partial charge in [-0.25, -0.2) is 19.6 Å². The number of carbonyl (C=O) groups excluding carboxylic acids is 1. The topological polar surface area (TPSA) is 80.0 Å². The highest BCUT2D eigenvalue weighted by molar-refractivity contribution is 5.79. The largest absolute Gasteiger partial charge is 0.356 e. The number of rotatable bonds is 3. The summed E-state index contributed by atoms with van der Waals surface area (Å²) < 4.78 is 1.63. The van der Waals surface area contributed by atoms with Crippen molar-refractivity contribution >= 4 is 11.7 Å². The molecule has 1 amide bonds. The summed E-state index contributed by atoms with van der Waals surface area (Å²) in [4.78, 5) is 29.9. The van der Waals surface area contributed by atoms with Crippen LogP contribution in [0.15, 0.2) is 25.0 Å². The van der Waals surface area contributed by atoms with E-state index >= 15 is 0 Å². The Balaban J connectivity index is 1.38. The van der Waals surface area contributed by atoms with Crippen LogP contribution >= 0.6 is 0 Å². The molecule has 2 aromatic rings. The zero-order valence-corrected chi connectivity index (χ0v) is 16.0. The van der Waals surface area contributed by atoms with Crippen molar-refractivity contribution in [2.45, 2.75) is 33.1 Å². The number of likely N-dealkylation sites (tertiary alicyclic amines) is 1. The van der Waals surface area contributed by atoms with Crippen LogP contribution in [0.1, 0.15) is 33.1 Å². The van der Waals surface area contributed by atoms with Crippen molar-refractivity contribution in [3.8, 4) is 5.82 Å². The van der Waals surface area contributed by atoms with Crippen LogP contribution in [0.3, 0.4) is 0 Å². The second kappa shape index (κ2) is 7.62. The van der Waals surface area contributed by atoms with Crippen LogP contribution in [0.25, 0.3) is 5.82 Å². The average molecular weight is 369 g/mol. The molecule has 0 N–H and O–H groups in total. The molecule has 2 aromatic heterocycles. The number of anilines is 1. The van der Waals surface area contributed by atoms with Crippen molar-refractivity contribution in [1.29, 1.82) is 0 Å². The highest BCUT2D eigenvalue weighted by atomic mass is 16.2. The predicted molar refractivity (Wildman–Crippen MR) is 101 cm³/mol. The normalized spacial score (nSPS) is 24.2. The van der Waals surface area contributed by atoms with Gasteiger partial charge < -0.3 is 9.80 Å². The lowest BCUT2D eigenvalue weighted by molar-refractivity contribution is -0.138. The maximum absolute atomic E-state index is 13.0. The number of hydrogen-bond acceptors (Lipinski definition) is 6. The molecule has 2 fully saturated rings. The summed E-state index contributed by atoms with van der Waals surface area (Å²) in [5.74, 6) is 3.27. The molecule has 2 saturated heterocycles. The number of amides is 1. The fraction of sp³-hybridized carbons (Fsp3) is 0.632. The van der Waals surface area contributed by atoms with E-state index in [2.05, 4.69) is 43.7 Å². The Morgan fingerprint density at radius 2 is 1.74 bits per heavy atom. The SMILES string of the molecule is CC1CC(C)CN(C(=O)C2CCN(c3cc(-n4cncn4)ncn3)CC2)C1. The molecule has 0 spiro atoms. The van der Waals surface area contributed by atoms with Gasteiger partial charge in [0, 0.05) is 38.2 Å². The van der Waals surface area contributed by atoms with E-state index in [1.165, 1.54) is 12.7 Å². The molecule has 0 aromatic carbocycles. The molecule has 2 unspecified atom stereocenters. The Morgan fingerprint density at radius 1 is 1.04 bits per heavy atom. The van der Waals surface area contributed by atoms with Crippen molar-refractivity contribution in [1.82, 2.24) is 29.6 Å². The lowest BCUT2D eigenvalue weighted by atomic mass is 9.89. The van der Waals surface area contributed by atoms with Crippen molar-refractivity contribution in [3.63, 3.8) is 0 Å². The fourth-order valence-electron chi connectivity index (χ4n) is 4.42. The molecule has 2 aliphatic rings. The number of aromatic nitrogens is 5. The minimum Gasteiger partial charge on any atom is -0.356 e. The van der Waals surface area contributed by atoms with Crippen LogP contribution in [0.2, 0.25) is 0 Å². The summed E-state index contributed by atoms with van der Waals surface area (Å²) >= 11 is 0. The first-order valence-electron chi connectivity index (χ1n) is 9.81. The Kier molecular flexibility index (Phi) is 5.05. The van der Waals surface area contributed by atoms with Crippen LogP contribution < -0.4 is 4.90 Å². The van der Waals surface area contributed by atoms with Crippen molar-refractivity contribution in [2.75, 3.05) is 31.1 Å². The molecule has 8 heteroatoms. The minimum absolute atomic E-state index is 0.135. The summed E-state index contributed by atoms with van der Waals surface area (Å²) in [6.45, 7) is 8.00. The van der Waals surface area contributed by atoms with Crippen LogP contribution in [-0.2, 0) is 4.79 Å². The molecule has 144 valence electrons. The zero-order chi connectivity index (χ0) is 18.8. The molecule has 2 aliphatic heterocycles. The molecule has 0 aliphatic carbocycles. The third-order valence-electron chi connectivity index (χ3n) is 5.64. The Bertz CT molecular complexity index is 760. The monoisotopic (exact) mass is 369 g/mol. The van der Waals surface area contributed by atoms with Gasteiger partial charge in [-0.3, -0.25) is 4.79 Å². The Labute approximate surface area is 159 Å². The summed E-state index contributed by atoms with van der Waals surface area (Å²) in [7, 11) is 0. The Morgan fingerprint density at radius 3 is 2.41 bits per heavy atom. The second-order valence-corrected chi connectivity index (χ2v) is 8.03. The number of nitrogens with zero attached hydrogens (tertiary/aromatic N) is 7. The minimum atomic E-state index is 0.135. The first kappa shape index (κ1) is 17.9. The predicted octanol–water partition coefficient (Wildman–Crippen LogP) is 1.78. The Hall–Kier alpha value is -2.51. The molecule has 4 rings (SSSR count). The maximum Gasteiger partial charge on any atom is 0.225 e. The fourth-order valence-corrected chi connectivity index (χ4v) is 4.42. The van der Waals surface area contributed by atoms with Crippen LogP contribution in [-0.4, -0.2) is 61.7 Å². The third-order valence-corrected chi connectivity index (χ3v) is 5.64. The highest BCUT2D eigenvalue weighted by Gasteiger charge is 2.32. The van der Waals surface area contributed by atoms with Crippen molar-refractivity contribution < 1.29 is 4.79 Å². The lowest BCUT2D eigenvalue weighted by Gasteiger charge is -2.39. The quantitative estimate of drug-likeness (QED) is 0.820. The lowest BCUT2D eigenvalue weighted by Crippen LogP contribution is -2.48. The number of carbonyl (C=O) groups is 1. The second-order valence-electron chi connectivity index (χ2n) is 8.03. The van der Waals surface area contributed by atoms with E-state index < -0.39 is 0 Å². The molecule has 0 bridgehead atoms. The van der Waals surface area contributed by atoms with Gasteiger partial charge in [0.25, 0.3) is 0 Å². The van der Waals surface area contributed by atoms with Gasteiger partial charge in [0.05, 0.1) is 0 Å².